The van der Waals surface area contributed by atoms with E-state index in [0.717, 1.165) is 0 Å². The van der Waals surface area contributed by atoms with Crippen LogP contribution in [0.5, 0.6) is 0 Å². The summed E-state index contributed by atoms with van der Waals surface area (Å²) >= 11 is 1.21. The molecule has 1 aromatic heterocycles. The van der Waals surface area contributed by atoms with Crippen molar-refractivity contribution < 1.29 is 20.1 Å². The monoisotopic (exact) mass is 350 g/mol. The minimum absolute atomic E-state index is 0.0247. The van der Waals surface area contributed by atoms with Gasteiger partial charge in [0, 0.05) is 31.6 Å². The second kappa shape index (κ2) is 7.94. The van der Waals surface area contributed by atoms with Gasteiger partial charge in [-0.25, -0.2) is 4.98 Å². The van der Waals surface area contributed by atoms with Crippen LogP contribution < -0.4 is 0 Å². The molecule has 1 aliphatic carbocycles. The summed E-state index contributed by atoms with van der Waals surface area (Å²) in [6, 6.07) is 0. The summed E-state index contributed by atoms with van der Waals surface area (Å²) in [5.74, 6) is -0.248. The highest BCUT2D eigenvalue weighted by molar-refractivity contribution is 8.03. The lowest BCUT2D eigenvalue weighted by Crippen LogP contribution is -2.22. The number of nitrogens with zero attached hydrogens (tertiary/aromatic N) is 2. The Kier molecular flexibility index (Phi) is 6.17. The molecular weight excluding hydrogens is 328 g/mol. The molecule has 2 atom stereocenters. The van der Waals surface area contributed by atoms with Gasteiger partial charge in [-0.2, -0.15) is 0 Å². The van der Waals surface area contributed by atoms with Crippen LogP contribution in [0.2, 0.25) is 0 Å². The van der Waals surface area contributed by atoms with E-state index in [2.05, 4.69) is 4.98 Å². The lowest BCUT2D eigenvalue weighted by atomic mass is 9.98. The lowest BCUT2D eigenvalue weighted by molar-refractivity contribution is -0.112. The zero-order valence-electron chi connectivity index (χ0n) is 13.7. The molecule has 1 heterocycles. The normalized spacial score (nSPS) is 24.1. The molecule has 0 bridgehead atoms. The fourth-order valence-electron chi connectivity index (χ4n) is 2.31. The molecule has 0 spiro atoms. The topological polar surface area (TPSA) is 95.6 Å². The van der Waals surface area contributed by atoms with Crippen molar-refractivity contribution in [2.75, 3.05) is 6.61 Å². The third-order valence-corrected chi connectivity index (χ3v) is 4.76. The van der Waals surface area contributed by atoms with E-state index in [1.807, 2.05) is 7.05 Å². The summed E-state index contributed by atoms with van der Waals surface area (Å²) in [5, 5.41) is 29.6. The molecular formula is C17H22N2O4S. The third-order valence-electron chi connectivity index (χ3n) is 3.66. The van der Waals surface area contributed by atoms with E-state index >= 15 is 0 Å². The van der Waals surface area contributed by atoms with Crippen molar-refractivity contribution in [3.63, 3.8) is 0 Å². The maximum absolute atomic E-state index is 12.5. The van der Waals surface area contributed by atoms with Crippen LogP contribution >= 0.6 is 11.8 Å². The van der Waals surface area contributed by atoms with Crippen LogP contribution in [0.3, 0.4) is 0 Å². The first-order chi connectivity index (χ1) is 11.3. The number of hydrogen-bond donors (Lipinski definition) is 3. The zero-order chi connectivity index (χ0) is 17.7. The number of aryl methyl sites for hydroxylation is 1. The van der Waals surface area contributed by atoms with Crippen LogP contribution in [0, 0.1) is 0 Å². The van der Waals surface area contributed by atoms with Gasteiger partial charge in [-0.05, 0) is 37.6 Å². The molecule has 3 N–H and O–H groups in total. The maximum atomic E-state index is 12.5. The van der Waals surface area contributed by atoms with Crippen molar-refractivity contribution in [1.29, 1.82) is 0 Å². The van der Waals surface area contributed by atoms with Gasteiger partial charge in [0.2, 0.25) is 0 Å². The Bertz CT molecular complexity index is 689. The van der Waals surface area contributed by atoms with Crippen LogP contribution in [0.1, 0.15) is 19.8 Å². The van der Waals surface area contributed by atoms with Gasteiger partial charge >= 0.3 is 0 Å². The molecule has 0 fully saturated rings. The SMILES string of the molecule is Cn1ccnc1SC1=CC(C)(O)/C(=C\C=C\C(O)CCCO)C1=O. The molecule has 0 aliphatic heterocycles. The molecule has 6 nitrogen and oxygen atoms in total. The van der Waals surface area contributed by atoms with Gasteiger partial charge in [0.25, 0.3) is 0 Å². The molecule has 2 unspecified atom stereocenters. The standard InChI is InChI=1S/C17H22N2O4S/c1-17(23)11-14(24-16-18-8-9-19(16)2)15(22)13(17)7-3-5-12(21)6-4-10-20/h3,5,7-9,11-12,20-21,23H,4,6,10H2,1-2H3/b5-3+,13-7-. The Balaban J connectivity index is 2.10. The number of aliphatic hydroxyl groups excluding tert-OH is 2. The number of allylic oxidation sites excluding steroid dienone is 3. The fourth-order valence-corrected chi connectivity index (χ4v) is 3.31. The molecule has 0 saturated carbocycles. The molecule has 0 radical (unpaired) electrons. The first kappa shape index (κ1) is 18.7. The maximum Gasteiger partial charge on any atom is 0.198 e. The summed E-state index contributed by atoms with van der Waals surface area (Å²) < 4.78 is 1.80. The molecule has 1 aromatic rings. The van der Waals surface area contributed by atoms with Crippen LogP contribution in [-0.4, -0.2) is 49.0 Å². The summed E-state index contributed by atoms with van der Waals surface area (Å²) in [7, 11) is 1.83. The average molecular weight is 350 g/mol. The van der Waals surface area contributed by atoms with E-state index < -0.39 is 11.7 Å². The molecule has 7 heteroatoms. The average Bonchev–Trinajstić information content (AvgIpc) is 3.01. The predicted molar refractivity (Wildman–Crippen MR) is 92.3 cm³/mol. The molecule has 0 saturated heterocycles. The Hall–Kier alpha value is -1.67. The fraction of sp³-hybridized carbons (Fsp3) is 0.412. The van der Waals surface area contributed by atoms with Crippen molar-refractivity contribution in [2.45, 2.75) is 36.6 Å². The van der Waals surface area contributed by atoms with Gasteiger partial charge in [-0.1, -0.05) is 18.2 Å². The number of aromatic nitrogens is 2. The van der Waals surface area contributed by atoms with Gasteiger partial charge in [0.1, 0.15) is 5.60 Å². The first-order valence-corrected chi connectivity index (χ1v) is 8.50. The minimum atomic E-state index is -1.36. The van der Waals surface area contributed by atoms with Crippen molar-refractivity contribution in [2.24, 2.45) is 7.05 Å². The van der Waals surface area contributed by atoms with Crippen LogP contribution in [0.15, 0.2) is 52.3 Å². The second-order valence-electron chi connectivity index (χ2n) is 5.81. The smallest absolute Gasteiger partial charge is 0.198 e. The highest BCUT2D eigenvalue weighted by Crippen LogP contribution is 2.38. The molecule has 24 heavy (non-hydrogen) atoms. The van der Waals surface area contributed by atoms with E-state index in [0.29, 0.717) is 22.9 Å². The third kappa shape index (κ3) is 4.45. The van der Waals surface area contributed by atoms with Gasteiger partial charge < -0.3 is 19.9 Å². The number of rotatable bonds is 7. The summed E-state index contributed by atoms with van der Waals surface area (Å²) in [6.45, 7) is 1.58. The summed E-state index contributed by atoms with van der Waals surface area (Å²) in [4.78, 5) is 17.1. The summed E-state index contributed by atoms with van der Waals surface area (Å²) in [5.41, 5.74) is -1.10. The van der Waals surface area contributed by atoms with Gasteiger partial charge in [-0.3, -0.25) is 4.79 Å². The largest absolute Gasteiger partial charge is 0.396 e. The van der Waals surface area contributed by atoms with Crippen LogP contribution in [0.4, 0.5) is 0 Å². The molecule has 2 rings (SSSR count). The number of hydrogen-bond acceptors (Lipinski definition) is 6. The molecule has 130 valence electrons. The predicted octanol–water partition coefficient (Wildman–Crippen LogP) is 1.35. The van der Waals surface area contributed by atoms with Crippen LogP contribution in [0.25, 0.3) is 0 Å². The summed E-state index contributed by atoms with van der Waals surface area (Å²) in [6.07, 6.45) is 9.83. The molecule has 0 aromatic carbocycles. The lowest BCUT2D eigenvalue weighted by Gasteiger charge is -2.14. The molecule has 0 amide bonds. The minimum Gasteiger partial charge on any atom is -0.396 e. The molecule has 1 aliphatic rings. The number of carbonyl (C=O) groups excluding carboxylic acids is 1. The highest BCUT2D eigenvalue weighted by atomic mass is 32.2. The van der Waals surface area contributed by atoms with Gasteiger partial charge in [-0.15, -0.1) is 0 Å². The van der Waals surface area contributed by atoms with E-state index in [9.17, 15) is 15.0 Å². The van der Waals surface area contributed by atoms with E-state index in [1.165, 1.54) is 30.0 Å². The Morgan fingerprint density at radius 3 is 2.88 bits per heavy atom. The van der Waals surface area contributed by atoms with Crippen molar-refractivity contribution >= 4 is 17.5 Å². The number of Topliss-reactive ketones (excluding diaryl/α,β-unsaturated/α-hetero) is 1. The van der Waals surface area contributed by atoms with Gasteiger partial charge in [0.15, 0.2) is 10.9 Å². The van der Waals surface area contributed by atoms with Crippen molar-refractivity contribution in [1.82, 2.24) is 9.55 Å². The highest BCUT2D eigenvalue weighted by Gasteiger charge is 2.38. The number of thioether (sulfide) groups is 1. The number of ketones is 1. The zero-order valence-corrected chi connectivity index (χ0v) is 14.5. The van der Waals surface area contributed by atoms with Gasteiger partial charge in [0.05, 0.1) is 11.0 Å². The number of aliphatic hydroxyl groups is 3. The van der Waals surface area contributed by atoms with E-state index in [4.69, 9.17) is 5.11 Å². The van der Waals surface area contributed by atoms with Crippen LogP contribution in [-0.2, 0) is 11.8 Å². The quantitative estimate of drug-likeness (QED) is 0.643. The van der Waals surface area contributed by atoms with E-state index in [-0.39, 0.29) is 18.0 Å². The van der Waals surface area contributed by atoms with Crippen molar-refractivity contribution in [3.05, 3.63) is 47.2 Å². The van der Waals surface area contributed by atoms with Crippen molar-refractivity contribution in [3.8, 4) is 0 Å². The number of carbonyl (C=O) groups is 1. The Morgan fingerprint density at radius 1 is 1.50 bits per heavy atom. The van der Waals surface area contributed by atoms with E-state index in [1.54, 1.807) is 30.0 Å². The first-order valence-electron chi connectivity index (χ1n) is 7.68. The second-order valence-corrected chi connectivity index (χ2v) is 6.82. The number of imidazole rings is 1. The Labute approximate surface area is 145 Å². The Morgan fingerprint density at radius 2 is 2.25 bits per heavy atom.